The van der Waals surface area contributed by atoms with E-state index in [-0.39, 0.29) is 11.7 Å². The second kappa shape index (κ2) is 5.69. The Morgan fingerprint density at radius 3 is 2.91 bits per heavy atom. The molecule has 0 aliphatic carbocycles. The number of nitrogens with one attached hydrogen (secondary N) is 1. The number of halogens is 1. The Balaban J connectivity index is 2.04. The van der Waals surface area contributed by atoms with Gasteiger partial charge in [-0.15, -0.1) is 0 Å². The van der Waals surface area contributed by atoms with Crippen molar-refractivity contribution in [1.29, 1.82) is 0 Å². The number of carbonyl (C=O) groups excluding carboxylic acids is 1. The molecule has 3 aromatic rings. The highest BCUT2D eigenvalue weighted by atomic mass is 35.5. The summed E-state index contributed by atoms with van der Waals surface area (Å²) in [5, 5.41) is 12.8. The van der Waals surface area contributed by atoms with E-state index in [2.05, 4.69) is 10.3 Å². The molecule has 3 rings (SSSR count). The number of nitrogens with zero attached hydrogens (tertiary/aromatic N) is 2. The number of amides is 1. The molecule has 0 atom stereocenters. The smallest absolute Gasteiger partial charge is 0.274 e. The number of aromatic hydroxyl groups is 1. The number of rotatable bonds is 3. The maximum Gasteiger partial charge on any atom is 0.274 e. The van der Waals surface area contributed by atoms with Gasteiger partial charge in [0, 0.05) is 18.0 Å². The lowest BCUT2D eigenvalue weighted by molar-refractivity contribution is 0.102. The molecule has 2 aromatic heterocycles. The Morgan fingerprint density at radius 1 is 1.36 bits per heavy atom. The first kappa shape index (κ1) is 14.4. The molecule has 0 fully saturated rings. The summed E-state index contributed by atoms with van der Waals surface area (Å²) < 4.78 is 1.68. The highest BCUT2D eigenvalue weighted by molar-refractivity contribution is 6.30. The van der Waals surface area contributed by atoms with E-state index in [9.17, 15) is 9.90 Å². The second-order valence-corrected chi connectivity index (χ2v) is 5.28. The summed E-state index contributed by atoms with van der Waals surface area (Å²) in [5.74, 6) is -0.202. The number of hydrogen-bond acceptors (Lipinski definition) is 3. The Kier molecular flexibility index (Phi) is 3.73. The molecule has 0 bridgehead atoms. The standard InChI is InChI=1S/C16H14ClN3O2/c1-2-13-15(20-9-10(17)6-7-14(20)19-13)16(22)18-11-4-3-5-12(21)8-11/h3-9,21H,2H2,1H3,(H,18,22). The van der Waals surface area contributed by atoms with Crippen LogP contribution < -0.4 is 5.32 Å². The predicted molar refractivity (Wildman–Crippen MR) is 85.6 cm³/mol. The number of imidazole rings is 1. The number of carbonyl (C=O) groups is 1. The summed E-state index contributed by atoms with van der Waals surface area (Å²) in [6, 6.07) is 9.91. The molecular weight excluding hydrogens is 302 g/mol. The molecule has 5 nitrogen and oxygen atoms in total. The van der Waals surface area contributed by atoms with Gasteiger partial charge in [0.1, 0.15) is 17.1 Å². The van der Waals surface area contributed by atoms with Crippen LogP contribution in [0.5, 0.6) is 5.75 Å². The normalized spacial score (nSPS) is 10.8. The number of aromatic nitrogens is 2. The van der Waals surface area contributed by atoms with Crippen molar-refractivity contribution in [3.05, 3.63) is 59.0 Å². The number of pyridine rings is 1. The first-order valence-electron chi connectivity index (χ1n) is 6.85. The van der Waals surface area contributed by atoms with Crippen LogP contribution in [0.15, 0.2) is 42.6 Å². The van der Waals surface area contributed by atoms with Crippen molar-refractivity contribution in [2.75, 3.05) is 5.32 Å². The summed E-state index contributed by atoms with van der Waals surface area (Å²) in [7, 11) is 0. The molecule has 0 spiro atoms. The maximum atomic E-state index is 12.6. The van der Waals surface area contributed by atoms with Crippen molar-refractivity contribution >= 4 is 28.8 Å². The molecule has 2 N–H and O–H groups in total. The van der Waals surface area contributed by atoms with Crippen molar-refractivity contribution in [3.63, 3.8) is 0 Å². The SMILES string of the molecule is CCc1nc2ccc(Cl)cn2c1C(=O)Nc1cccc(O)c1. The fourth-order valence-electron chi connectivity index (χ4n) is 2.33. The van der Waals surface area contributed by atoms with Crippen LogP contribution in [0.3, 0.4) is 0 Å². The van der Waals surface area contributed by atoms with Crippen LogP contribution in [-0.4, -0.2) is 20.4 Å². The van der Waals surface area contributed by atoms with Gasteiger partial charge in [0.2, 0.25) is 0 Å². The minimum absolute atomic E-state index is 0.0923. The van der Waals surface area contributed by atoms with Gasteiger partial charge in [0.05, 0.1) is 10.7 Å². The molecule has 0 saturated carbocycles. The van der Waals surface area contributed by atoms with E-state index in [0.29, 0.717) is 34.2 Å². The largest absolute Gasteiger partial charge is 0.508 e. The van der Waals surface area contributed by atoms with E-state index in [4.69, 9.17) is 11.6 Å². The molecule has 0 saturated heterocycles. The van der Waals surface area contributed by atoms with E-state index in [1.54, 1.807) is 40.9 Å². The zero-order chi connectivity index (χ0) is 15.7. The Bertz CT molecular complexity index is 858. The molecule has 1 aromatic carbocycles. The number of phenols is 1. The first-order chi connectivity index (χ1) is 10.6. The summed E-state index contributed by atoms with van der Waals surface area (Å²) in [6.07, 6.45) is 2.29. The molecule has 0 unspecified atom stereocenters. The summed E-state index contributed by atoms with van der Waals surface area (Å²) in [6.45, 7) is 1.94. The van der Waals surface area contributed by atoms with Crippen LogP contribution >= 0.6 is 11.6 Å². The summed E-state index contributed by atoms with van der Waals surface area (Å²) >= 11 is 6.02. The minimum Gasteiger partial charge on any atom is -0.508 e. The van der Waals surface area contributed by atoms with Gasteiger partial charge < -0.3 is 10.4 Å². The maximum absolute atomic E-state index is 12.6. The quantitative estimate of drug-likeness (QED) is 0.777. The van der Waals surface area contributed by atoms with Gasteiger partial charge in [-0.1, -0.05) is 24.6 Å². The highest BCUT2D eigenvalue weighted by Crippen LogP contribution is 2.20. The zero-order valence-electron chi connectivity index (χ0n) is 11.9. The van der Waals surface area contributed by atoms with Gasteiger partial charge in [0.15, 0.2) is 0 Å². The molecule has 2 heterocycles. The van der Waals surface area contributed by atoms with Gasteiger partial charge in [0.25, 0.3) is 5.91 Å². The summed E-state index contributed by atoms with van der Waals surface area (Å²) in [5.41, 5.74) is 2.33. The number of phenolic OH excluding ortho intramolecular Hbond substituents is 1. The fraction of sp³-hybridized carbons (Fsp3) is 0.125. The van der Waals surface area contributed by atoms with Crippen LogP contribution in [0.4, 0.5) is 5.69 Å². The molecule has 6 heteroatoms. The van der Waals surface area contributed by atoms with Gasteiger partial charge >= 0.3 is 0 Å². The molecule has 0 aliphatic rings. The number of anilines is 1. The van der Waals surface area contributed by atoms with E-state index in [1.165, 1.54) is 6.07 Å². The lowest BCUT2D eigenvalue weighted by Gasteiger charge is -2.07. The van der Waals surface area contributed by atoms with E-state index in [1.807, 2.05) is 6.92 Å². The molecule has 1 amide bonds. The van der Waals surface area contributed by atoms with Crippen LogP contribution in [0.2, 0.25) is 5.02 Å². The summed E-state index contributed by atoms with van der Waals surface area (Å²) in [4.78, 5) is 17.0. The van der Waals surface area contributed by atoms with E-state index in [0.717, 1.165) is 0 Å². The van der Waals surface area contributed by atoms with E-state index >= 15 is 0 Å². The average Bonchev–Trinajstić information content (AvgIpc) is 2.85. The fourth-order valence-corrected chi connectivity index (χ4v) is 2.49. The average molecular weight is 316 g/mol. The van der Waals surface area contributed by atoms with Crippen molar-refractivity contribution in [1.82, 2.24) is 9.38 Å². The van der Waals surface area contributed by atoms with Crippen molar-refractivity contribution in [2.24, 2.45) is 0 Å². The second-order valence-electron chi connectivity index (χ2n) is 4.84. The number of fused-ring (bicyclic) bond motifs is 1. The minimum atomic E-state index is -0.294. The Hall–Kier alpha value is -2.53. The third-order valence-electron chi connectivity index (χ3n) is 3.31. The zero-order valence-corrected chi connectivity index (χ0v) is 12.6. The monoisotopic (exact) mass is 315 g/mol. The van der Waals surface area contributed by atoms with E-state index < -0.39 is 0 Å². The van der Waals surface area contributed by atoms with Gasteiger partial charge in [-0.3, -0.25) is 9.20 Å². The van der Waals surface area contributed by atoms with Crippen LogP contribution in [0.25, 0.3) is 5.65 Å². The Labute approximate surface area is 132 Å². The topological polar surface area (TPSA) is 66.6 Å². The highest BCUT2D eigenvalue weighted by Gasteiger charge is 2.18. The van der Waals surface area contributed by atoms with Crippen LogP contribution in [-0.2, 0) is 6.42 Å². The van der Waals surface area contributed by atoms with Gasteiger partial charge in [-0.25, -0.2) is 4.98 Å². The molecule has 112 valence electrons. The molecular formula is C16H14ClN3O2. The Morgan fingerprint density at radius 2 is 2.18 bits per heavy atom. The molecule has 22 heavy (non-hydrogen) atoms. The molecule has 0 radical (unpaired) electrons. The van der Waals surface area contributed by atoms with Gasteiger partial charge in [-0.05, 0) is 30.7 Å². The number of benzene rings is 1. The third kappa shape index (κ3) is 2.63. The lowest BCUT2D eigenvalue weighted by atomic mass is 10.2. The van der Waals surface area contributed by atoms with Crippen LogP contribution in [0.1, 0.15) is 23.1 Å². The van der Waals surface area contributed by atoms with Crippen molar-refractivity contribution in [2.45, 2.75) is 13.3 Å². The lowest BCUT2D eigenvalue weighted by Crippen LogP contribution is -2.16. The van der Waals surface area contributed by atoms with Crippen molar-refractivity contribution in [3.8, 4) is 5.75 Å². The van der Waals surface area contributed by atoms with Crippen molar-refractivity contribution < 1.29 is 9.90 Å². The first-order valence-corrected chi connectivity index (χ1v) is 7.23. The number of aryl methyl sites for hydroxylation is 1. The third-order valence-corrected chi connectivity index (χ3v) is 3.53. The number of hydrogen-bond donors (Lipinski definition) is 2. The van der Waals surface area contributed by atoms with Crippen LogP contribution in [0, 0.1) is 0 Å². The van der Waals surface area contributed by atoms with Gasteiger partial charge in [-0.2, -0.15) is 0 Å². The molecule has 0 aliphatic heterocycles. The predicted octanol–water partition coefficient (Wildman–Crippen LogP) is 3.51.